The second-order valence-corrected chi connectivity index (χ2v) is 4.37. The van der Waals surface area contributed by atoms with E-state index in [4.69, 9.17) is 9.84 Å². The van der Waals surface area contributed by atoms with Crippen molar-refractivity contribution >= 4 is 17.8 Å². The van der Waals surface area contributed by atoms with E-state index in [9.17, 15) is 14.4 Å². The number of hydrogen-bond acceptors (Lipinski definition) is 4. The molecular weight excluding hydrogens is 252 g/mol. The Kier molecular flexibility index (Phi) is 6.27. The molecule has 2 amide bonds. The highest BCUT2D eigenvalue weighted by Gasteiger charge is 2.32. The van der Waals surface area contributed by atoms with E-state index in [1.807, 2.05) is 6.92 Å². The van der Waals surface area contributed by atoms with Crippen LogP contribution in [0.5, 0.6) is 0 Å². The van der Waals surface area contributed by atoms with E-state index >= 15 is 0 Å². The minimum atomic E-state index is -1.08. The number of amides is 2. The summed E-state index contributed by atoms with van der Waals surface area (Å²) in [5.74, 6) is -1.58. The van der Waals surface area contributed by atoms with Gasteiger partial charge in [0.05, 0.1) is 13.2 Å². The summed E-state index contributed by atoms with van der Waals surface area (Å²) < 4.78 is 5.05. The SMILES string of the molecule is CCCNC(=O)CCC(=O)N1CCOCC1C(=O)O. The highest BCUT2D eigenvalue weighted by atomic mass is 16.5. The number of carboxylic acids is 1. The van der Waals surface area contributed by atoms with Crippen molar-refractivity contribution < 1.29 is 24.2 Å². The number of ether oxygens (including phenoxy) is 1. The fourth-order valence-corrected chi connectivity index (χ4v) is 1.82. The molecule has 0 saturated carbocycles. The number of morpholine rings is 1. The maximum atomic E-state index is 11.9. The van der Waals surface area contributed by atoms with Crippen LogP contribution >= 0.6 is 0 Å². The molecule has 108 valence electrons. The monoisotopic (exact) mass is 272 g/mol. The van der Waals surface area contributed by atoms with E-state index in [0.717, 1.165) is 6.42 Å². The predicted molar refractivity (Wildman–Crippen MR) is 66.5 cm³/mol. The van der Waals surface area contributed by atoms with E-state index in [1.165, 1.54) is 4.90 Å². The fraction of sp³-hybridized carbons (Fsp3) is 0.750. The summed E-state index contributed by atoms with van der Waals surface area (Å²) in [7, 11) is 0. The summed E-state index contributed by atoms with van der Waals surface area (Å²) in [4.78, 5) is 35.6. The van der Waals surface area contributed by atoms with Crippen molar-refractivity contribution in [1.82, 2.24) is 10.2 Å². The summed E-state index contributed by atoms with van der Waals surface area (Å²) in [6.07, 6.45) is 0.950. The maximum Gasteiger partial charge on any atom is 0.328 e. The van der Waals surface area contributed by atoms with Gasteiger partial charge in [-0.1, -0.05) is 6.92 Å². The Labute approximate surface area is 111 Å². The van der Waals surface area contributed by atoms with E-state index in [1.54, 1.807) is 0 Å². The largest absolute Gasteiger partial charge is 0.480 e. The molecule has 1 aliphatic rings. The molecule has 1 heterocycles. The van der Waals surface area contributed by atoms with Gasteiger partial charge in [0.1, 0.15) is 0 Å². The number of hydrogen-bond donors (Lipinski definition) is 2. The standard InChI is InChI=1S/C12H20N2O5/c1-2-5-13-10(15)3-4-11(16)14-6-7-19-8-9(14)12(17)18/h9H,2-8H2,1H3,(H,13,15)(H,17,18). The van der Waals surface area contributed by atoms with Gasteiger partial charge in [-0.25, -0.2) is 4.79 Å². The third kappa shape index (κ3) is 4.86. The Hall–Kier alpha value is -1.63. The van der Waals surface area contributed by atoms with Gasteiger partial charge in [0, 0.05) is 25.9 Å². The molecule has 1 unspecified atom stereocenters. The second kappa shape index (κ2) is 7.73. The molecule has 0 aliphatic carbocycles. The molecule has 1 rings (SSSR count). The Morgan fingerprint density at radius 2 is 2.11 bits per heavy atom. The van der Waals surface area contributed by atoms with Crippen molar-refractivity contribution in [3.63, 3.8) is 0 Å². The predicted octanol–water partition coefficient (Wildman–Crippen LogP) is -0.395. The van der Waals surface area contributed by atoms with Crippen LogP contribution in [0, 0.1) is 0 Å². The molecule has 0 spiro atoms. The van der Waals surface area contributed by atoms with E-state index in [0.29, 0.717) is 13.2 Å². The zero-order valence-corrected chi connectivity index (χ0v) is 11.1. The lowest BCUT2D eigenvalue weighted by atomic mass is 10.2. The number of nitrogens with zero attached hydrogens (tertiary/aromatic N) is 1. The summed E-state index contributed by atoms with van der Waals surface area (Å²) >= 11 is 0. The van der Waals surface area contributed by atoms with Gasteiger partial charge >= 0.3 is 5.97 Å². The van der Waals surface area contributed by atoms with Crippen LogP contribution in [0.15, 0.2) is 0 Å². The third-order valence-corrected chi connectivity index (χ3v) is 2.87. The van der Waals surface area contributed by atoms with Gasteiger partial charge in [0.25, 0.3) is 0 Å². The summed E-state index contributed by atoms with van der Waals surface area (Å²) in [5.41, 5.74) is 0. The fourth-order valence-electron chi connectivity index (χ4n) is 1.82. The first-order chi connectivity index (χ1) is 9.06. The molecule has 7 heteroatoms. The molecule has 1 atom stereocenters. The van der Waals surface area contributed by atoms with Gasteiger partial charge in [0.2, 0.25) is 11.8 Å². The Morgan fingerprint density at radius 1 is 1.37 bits per heavy atom. The van der Waals surface area contributed by atoms with Crippen molar-refractivity contribution in [2.45, 2.75) is 32.2 Å². The highest BCUT2D eigenvalue weighted by Crippen LogP contribution is 2.10. The van der Waals surface area contributed by atoms with Gasteiger partial charge in [-0.05, 0) is 6.42 Å². The second-order valence-electron chi connectivity index (χ2n) is 4.37. The molecule has 2 N–H and O–H groups in total. The molecular formula is C12H20N2O5. The maximum absolute atomic E-state index is 11.9. The number of carbonyl (C=O) groups is 3. The Bertz CT molecular complexity index is 345. The molecule has 0 aromatic carbocycles. The molecule has 7 nitrogen and oxygen atoms in total. The van der Waals surface area contributed by atoms with E-state index in [2.05, 4.69) is 5.32 Å². The van der Waals surface area contributed by atoms with Crippen LogP contribution in [-0.2, 0) is 19.1 Å². The number of carbonyl (C=O) groups excluding carboxylic acids is 2. The molecule has 0 aromatic rings. The smallest absolute Gasteiger partial charge is 0.328 e. The normalized spacial score (nSPS) is 19.0. The lowest BCUT2D eigenvalue weighted by Crippen LogP contribution is -2.52. The average Bonchev–Trinajstić information content (AvgIpc) is 2.42. The molecule has 1 saturated heterocycles. The first-order valence-electron chi connectivity index (χ1n) is 6.43. The molecule has 1 fully saturated rings. The van der Waals surface area contributed by atoms with Crippen molar-refractivity contribution in [3.8, 4) is 0 Å². The molecule has 1 aliphatic heterocycles. The lowest BCUT2D eigenvalue weighted by Gasteiger charge is -2.32. The molecule has 0 aromatic heterocycles. The van der Waals surface area contributed by atoms with Crippen molar-refractivity contribution in [2.24, 2.45) is 0 Å². The number of rotatable bonds is 6. The quantitative estimate of drug-likeness (QED) is 0.686. The van der Waals surface area contributed by atoms with Crippen LogP contribution < -0.4 is 5.32 Å². The minimum Gasteiger partial charge on any atom is -0.480 e. The minimum absolute atomic E-state index is 0.00308. The molecule has 0 bridgehead atoms. The Morgan fingerprint density at radius 3 is 2.74 bits per heavy atom. The number of carboxylic acid groups (broad SMARTS) is 1. The summed E-state index contributed by atoms with van der Waals surface area (Å²) in [6, 6.07) is -0.944. The summed E-state index contributed by atoms with van der Waals surface area (Å²) in [6.45, 7) is 3.12. The Balaban J connectivity index is 2.42. The topological polar surface area (TPSA) is 95.9 Å². The molecule has 19 heavy (non-hydrogen) atoms. The number of nitrogens with one attached hydrogen (secondary N) is 1. The van der Waals surface area contributed by atoms with Crippen LogP contribution in [0.1, 0.15) is 26.2 Å². The van der Waals surface area contributed by atoms with Crippen molar-refractivity contribution in [1.29, 1.82) is 0 Å². The van der Waals surface area contributed by atoms with Crippen LogP contribution in [0.25, 0.3) is 0 Å². The van der Waals surface area contributed by atoms with E-state index < -0.39 is 12.0 Å². The van der Waals surface area contributed by atoms with Gasteiger partial charge in [-0.3, -0.25) is 9.59 Å². The first kappa shape index (κ1) is 15.4. The molecule has 0 radical (unpaired) electrons. The summed E-state index contributed by atoms with van der Waals surface area (Å²) in [5, 5.41) is 11.7. The van der Waals surface area contributed by atoms with Gasteiger partial charge in [-0.2, -0.15) is 0 Å². The zero-order valence-electron chi connectivity index (χ0n) is 11.1. The van der Waals surface area contributed by atoms with Crippen LogP contribution in [0.3, 0.4) is 0 Å². The van der Waals surface area contributed by atoms with Crippen LogP contribution in [-0.4, -0.2) is 60.1 Å². The van der Waals surface area contributed by atoms with Gasteiger partial charge < -0.3 is 20.1 Å². The van der Waals surface area contributed by atoms with Gasteiger partial charge in [-0.15, -0.1) is 0 Å². The van der Waals surface area contributed by atoms with Crippen LogP contribution in [0.2, 0.25) is 0 Å². The van der Waals surface area contributed by atoms with Crippen molar-refractivity contribution in [2.75, 3.05) is 26.3 Å². The van der Waals surface area contributed by atoms with Crippen LogP contribution in [0.4, 0.5) is 0 Å². The van der Waals surface area contributed by atoms with E-state index in [-0.39, 0.29) is 37.8 Å². The lowest BCUT2D eigenvalue weighted by molar-refractivity contribution is -0.158. The van der Waals surface area contributed by atoms with Crippen molar-refractivity contribution in [3.05, 3.63) is 0 Å². The average molecular weight is 272 g/mol. The highest BCUT2D eigenvalue weighted by molar-refractivity contribution is 5.87. The third-order valence-electron chi connectivity index (χ3n) is 2.87. The number of aliphatic carboxylic acids is 1. The zero-order chi connectivity index (χ0) is 14.3. The van der Waals surface area contributed by atoms with Gasteiger partial charge in [0.15, 0.2) is 6.04 Å². The first-order valence-corrected chi connectivity index (χ1v) is 6.43.